The monoisotopic (exact) mass is 372 g/mol. The van der Waals surface area contributed by atoms with Crippen molar-refractivity contribution in [3.63, 3.8) is 0 Å². The number of halogens is 1. The molecule has 5 heteroatoms. The van der Waals surface area contributed by atoms with Crippen LogP contribution < -0.4 is 5.32 Å². The van der Waals surface area contributed by atoms with E-state index in [1.807, 2.05) is 11.3 Å². The molecule has 1 saturated heterocycles. The van der Waals surface area contributed by atoms with E-state index in [0.717, 1.165) is 51.0 Å². The lowest BCUT2D eigenvalue weighted by molar-refractivity contribution is -0.122. The molecule has 1 amide bonds. The van der Waals surface area contributed by atoms with E-state index in [2.05, 4.69) is 27.7 Å². The van der Waals surface area contributed by atoms with Crippen molar-refractivity contribution in [2.45, 2.75) is 31.7 Å². The summed E-state index contributed by atoms with van der Waals surface area (Å²) in [5.74, 6) is 0.866. The van der Waals surface area contributed by atoms with Crippen molar-refractivity contribution in [1.82, 2.24) is 10.2 Å². The first-order valence-corrected chi connectivity index (χ1v) is 10.3. The number of carbonyl (C=O) groups excluding carboxylic acids is 1. The predicted octanol–water partition coefficient (Wildman–Crippen LogP) is 4.02. The Balaban J connectivity index is 1.17. The first-order valence-electron chi connectivity index (χ1n) is 9.47. The number of likely N-dealkylation sites (tertiary alicyclic amines) is 1. The second kappa shape index (κ2) is 7.89. The Hall–Kier alpha value is -1.72. The summed E-state index contributed by atoms with van der Waals surface area (Å²) in [5.41, 5.74) is 1.08. The Bertz CT molecular complexity index is 723. The molecule has 2 fully saturated rings. The van der Waals surface area contributed by atoms with E-state index in [9.17, 15) is 9.18 Å². The largest absolute Gasteiger partial charge is 0.356 e. The van der Waals surface area contributed by atoms with Crippen LogP contribution in [0.2, 0.25) is 0 Å². The van der Waals surface area contributed by atoms with Crippen LogP contribution in [0, 0.1) is 17.7 Å². The topological polar surface area (TPSA) is 32.3 Å². The van der Waals surface area contributed by atoms with Gasteiger partial charge in [0.15, 0.2) is 0 Å². The predicted molar refractivity (Wildman–Crippen MR) is 103 cm³/mol. The smallest absolute Gasteiger partial charge is 0.223 e. The lowest BCUT2D eigenvalue weighted by Gasteiger charge is -2.31. The first kappa shape index (κ1) is 17.7. The maximum absolute atomic E-state index is 13.0. The van der Waals surface area contributed by atoms with Crippen molar-refractivity contribution in [2.24, 2.45) is 11.8 Å². The first-order chi connectivity index (χ1) is 12.7. The standard InChI is InChI=1S/C21H25FN2OS/c22-17-5-3-16(4-6-17)19-12-20(19)21(25)23-13-15-7-9-24(10-8-15)14-18-2-1-11-26-18/h1-6,11,15,19-20H,7-10,12-14H2,(H,23,25). The number of piperidine rings is 1. The molecular weight excluding hydrogens is 347 g/mol. The molecule has 4 rings (SSSR count). The Morgan fingerprint density at radius 1 is 1.19 bits per heavy atom. The summed E-state index contributed by atoms with van der Waals surface area (Å²) in [6, 6.07) is 10.9. The van der Waals surface area contributed by atoms with Gasteiger partial charge in [-0.1, -0.05) is 18.2 Å². The highest BCUT2D eigenvalue weighted by Crippen LogP contribution is 2.47. The molecule has 1 aromatic carbocycles. The molecule has 0 bridgehead atoms. The number of thiophene rings is 1. The molecule has 2 aromatic rings. The van der Waals surface area contributed by atoms with Crippen LogP contribution in [0.1, 0.15) is 35.6 Å². The van der Waals surface area contributed by atoms with Gasteiger partial charge in [0.1, 0.15) is 5.82 Å². The second-order valence-electron chi connectivity index (χ2n) is 7.54. The van der Waals surface area contributed by atoms with E-state index < -0.39 is 0 Å². The minimum Gasteiger partial charge on any atom is -0.356 e. The van der Waals surface area contributed by atoms with Crippen LogP contribution in [0.3, 0.4) is 0 Å². The van der Waals surface area contributed by atoms with Gasteiger partial charge in [0, 0.05) is 23.9 Å². The second-order valence-corrected chi connectivity index (χ2v) is 8.58. The molecule has 2 unspecified atom stereocenters. The molecule has 0 spiro atoms. The minimum atomic E-state index is -0.221. The maximum Gasteiger partial charge on any atom is 0.223 e. The van der Waals surface area contributed by atoms with E-state index in [1.54, 1.807) is 12.1 Å². The van der Waals surface area contributed by atoms with Crippen LogP contribution in [0.5, 0.6) is 0 Å². The Morgan fingerprint density at radius 2 is 1.96 bits per heavy atom. The molecule has 138 valence electrons. The lowest BCUT2D eigenvalue weighted by Crippen LogP contribution is -2.38. The average molecular weight is 373 g/mol. The summed E-state index contributed by atoms with van der Waals surface area (Å²) in [6.07, 6.45) is 3.19. The highest BCUT2D eigenvalue weighted by atomic mass is 32.1. The minimum absolute atomic E-state index is 0.0689. The Morgan fingerprint density at radius 3 is 2.65 bits per heavy atom. The molecule has 1 aliphatic heterocycles. The van der Waals surface area contributed by atoms with Gasteiger partial charge in [0.25, 0.3) is 0 Å². The number of carbonyl (C=O) groups is 1. The van der Waals surface area contributed by atoms with Crippen molar-refractivity contribution < 1.29 is 9.18 Å². The van der Waals surface area contributed by atoms with Crippen LogP contribution in [-0.4, -0.2) is 30.4 Å². The van der Waals surface area contributed by atoms with Gasteiger partial charge in [-0.25, -0.2) is 4.39 Å². The fourth-order valence-corrected chi connectivity index (χ4v) is 4.66. The Labute approximate surface area is 158 Å². The highest BCUT2D eigenvalue weighted by molar-refractivity contribution is 7.09. The zero-order valence-electron chi connectivity index (χ0n) is 14.9. The fraction of sp³-hybridized carbons (Fsp3) is 0.476. The third-order valence-electron chi connectivity index (χ3n) is 5.66. The van der Waals surface area contributed by atoms with Gasteiger partial charge >= 0.3 is 0 Å². The van der Waals surface area contributed by atoms with Gasteiger partial charge in [-0.3, -0.25) is 9.69 Å². The van der Waals surface area contributed by atoms with Crippen molar-refractivity contribution in [2.75, 3.05) is 19.6 Å². The molecule has 2 heterocycles. The normalized spacial score (nSPS) is 23.7. The molecule has 1 aromatic heterocycles. The van der Waals surface area contributed by atoms with Crippen LogP contribution in [0.15, 0.2) is 41.8 Å². The molecular formula is C21H25FN2OS. The molecule has 1 aliphatic carbocycles. The van der Waals surface area contributed by atoms with E-state index in [1.165, 1.54) is 17.0 Å². The molecule has 1 saturated carbocycles. The maximum atomic E-state index is 13.0. The number of hydrogen-bond acceptors (Lipinski definition) is 3. The van der Waals surface area contributed by atoms with Gasteiger partial charge < -0.3 is 5.32 Å². The number of benzene rings is 1. The van der Waals surface area contributed by atoms with E-state index in [4.69, 9.17) is 0 Å². The van der Waals surface area contributed by atoms with Gasteiger partial charge in [-0.05, 0) is 73.3 Å². The van der Waals surface area contributed by atoms with Gasteiger partial charge in [-0.15, -0.1) is 11.3 Å². The van der Waals surface area contributed by atoms with Crippen molar-refractivity contribution in [3.8, 4) is 0 Å². The molecule has 1 N–H and O–H groups in total. The third-order valence-corrected chi connectivity index (χ3v) is 6.52. The van der Waals surface area contributed by atoms with E-state index >= 15 is 0 Å². The summed E-state index contributed by atoms with van der Waals surface area (Å²) in [6.45, 7) is 4.07. The van der Waals surface area contributed by atoms with Crippen LogP contribution in [0.4, 0.5) is 4.39 Å². The van der Waals surface area contributed by atoms with Crippen LogP contribution in [-0.2, 0) is 11.3 Å². The van der Waals surface area contributed by atoms with Crippen LogP contribution >= 0.6 is 11.3 Å². The Kier molecular flexibility index (Phi) is 5.36. The number of nitrogens with one attached hydrogen (secondary N) is 1. The van der Waals surface area contributed by atoms with Crippen LogP contribution in [0.25, 0.3) is 0 Å². The fourth-order valence-electron chi connectivity index (χ4n) is 3.91. The summed E-state index contributed by atoms with van der Waals surface area (Å²) in [7, 11) is 0. The molecule has 2 aliphatic rings. The summed E-state index contributed by atoms with van der Waals surface area (Å²) < 4.78 is 13.0. The van der Waals surface area contributed by atoms with Crippen molar-refractivity contribution >= 4 is 17.2 Å². The highest BCUT2D eigenvalue weighted by Gasteiger charge is 2.43. The zero-order chi connectivity index (χ0) is 17.9. The van der Waals surface area contributed by atoms with Gasteiger partial charge in [0.2, 0.25) is 5.91 Å². The quantitative estimate of drug-likeness (QED) is 0.831. The molecule has 3 nitrogen and oxygen atoms in total. The molecule has 26 heavy (non-hydrogen) atoms. The summed E-state index contributed by atoms with van der Waals surface area (Å²) in [4.78, 5) is 16.3. The third kappa shape index (κ3) is 4.33. The average Bonchev–Trinajstić information content (AvgIpc) is 3.30. The summed E-state index contributed by atoms with van der Waals surface area (Å²) >= 11 is 1.82. The zero-order valence-corrected chi connectivity index (χ0v) is 15.7. The van der Waals surface area contributed by atoms with E-state index in [0.29, 0.717) is 5.92 Å². The number of rotatable bonds is 6. The SMILES string of the molecule is O=C(NCC1CCN(Cc2cccs2)CC1)C1CC1c1ccc(F)cc1. The van der Waals surface area contributed by atoms with Crippen molar-refractivity contribution in [1.29, 1.82) is 0 Å². The molecule has 0 radical (unpaired) electrons. The number of hydrogen-bond donors (Lipinski definition) is 1. The summed E-state index contributed by atoms with van der Waals surface area (Å²) in [5, 5.41) is 5.29. The van der Waals surface area contributed by atoms with E-state index in [-0.39, 0.29) is 23.6 Å². The van der Waals surface area contributed by atoms with Crippen molar-refractivity contribution in [3.05, 3.63) is 58.0 Å². The number of nitrogens with zero attached hydrogens (tertiary/aromatic N) is 1. The number of amides is 1. The van der Waals surface area contributed by atoms with Gasteiger partial charge in [0.05, 0.1) is 0 Å². The lowest BCUT2D eigenvalue weighted by atomic mass is 9.96. The van der Waals surface area contributed by atoms with Gasteiger partial charge in [-0.2, -0.15) is 0 Å². The molecule has 2 atom stereocenters.